The third-order valence-corrected chi connectivity index (χ3v) is 29.0. The number of fused-ring (bicyclic) bond motifs is 5. The quantitative estimate of drug-likeness (QED) is 0.0117. The summed E-state index contributed by atoms with van der Waals surface area (Å²) < 4.78 is 36.6. The summed E-state index contributed by atoms with van der Waals surface area (Å²) >= 11 is 0. The highest BCUT2D eigenvalue weighted by Gasteiger charge is 2.28. The molecule has 782 valence electrons. The van der Waals surface area contributed by atoms with E-state index in [4.69, 9.17) is 58.3 Å². The second-order valence-electron chi connectivity index (χ2n) is 40.2. The molecule has 16 aromatic rings. The smallest absolute Gasteiger partial charge is 0.320 e. The van der Waals surface area contributed by atoms with Crippen LogP contribution in [0.3, 0.4) is 0 Å². The van der Waals surface area contributed by atoms with Crippen molar-refractivity contribution in [2.75, 3.05) is 39.6 Å². The van der Waals surface area contributed by atoms with Gasteiger partial charge in [-0.3, -0.25) is 0 Å². The fraction of sp³-hybridized carbons (Fsp3) is 0.441. The van der Waals surface area contributed by atoms with E-state index in [0.29, 0.717) is 98.0 Å². The standard InChI is InChI=1S/C45H55N3O4.C43H55N3O4.C39H47N3O4/c1-4-7-9-10-11-12-13-14-15-16-27-51-35-28-38(49)42(39(50)29-35)44-46-43(47-45(48-44)52-30-31(6-3)18-8-5-2)37-26-24-34-22-21-32-19-17-20-33-23-25-36(37)41(34)40(32)33;1-4-7-9-10-11-12-13-14-15-20-26-49-33-28-38(47)40(39(48)29-33)42-44-41(45-43(46-42)50-30-31(6-3)21-8-5-2)37-27-32-22-16-17-23-34(32)35-24-18-19-25-36(35)37;1-5-9-13-26(7-3)24-45-33-22-34(43)36(35(44)23-33)38-40-37(41-39(42-38)46-25-27(8-4)14-10-6-2)31-18-17-30-19-28-15-11-12-16-29(28)20-32(30)21-31/h17,19-26,28-29,31,49-50H,4-16,18,27,30H2,1-3H3;16-19,22-25,27-29,31,47-48H,4-15,20-21,26,30H2,1-3H3;11-12,15-23,26-27,43-44H,5-10,13-14,24-25H2,1-4H3. The Kier molecular flexibility index (Phi) is 42.6. The van der Waals surface area contributed by atoms with Crippen LogP contribution in [0.2, 0.25) is 0 Å². The zero-order valence-electron chi connectivity index (χ0n) is 89.2. The van der Waals surface area contributed by atoms with Gasteiger partial charge in [0.2, 0.25) is 0 Å². The van der Waals surface area contributed by atoms with Crippen molar-refractivity contribution in [2.45, 2.75) is 300 Å². The highest BCUT2D eigenvalue weighted by molar-refractivity contribution is 6.25. The predicted octanol–water partition coefficient (Wildman–Crippen LogP) is 34.3. The molecule has 0 aliphatic carbocycles. The van der Waals surface area contributed by atoms with E-state index in [-0.39, 0.29) is 86.7 Å². The second kappa shape index (κ2) is 57.2. The van der Waals surface area contributed by atoms with Crippen LogP contribution in [0.25, 0.3) is 144 Å². The molecule has 0 saturated carbocycles. The summed E-state index contributed by atoms with van der Waals surface area (Å²) in [6.45, 7) is 24.9. The number of ether oxygens (including phenoxy) is 6. The number of aromatic hydroxyl groups is 6. The zero-order chi connectivity index (χ0) is 104. The highest BCUT2D eigenvalue weighted by Crippen LogP contribution is 2.47. The molecule has 6 N–H and O–H groups in total. The lowest BCUT2D eigenvalue weighted by molar-refractivity contribution is 0.217. The Hall–Kier alpha value is -13.4. The van der Waals surface area contributed by atoms with E-state index in [1.165, 1.54) is 161 Å². The van der Waals surface area contributed by atoms with Gasteiger partial charge in [-0.05, 0) is 168 Å². The minimum atomic E-state index is -0.168. The van der Waals surface area contributed by atoms with E-state index < -0.39 is 0 Å². The molecule has 0 fully saturated rings. The first-order valence-electron chi connectivity index (χ1n) is 55.7. The number of nitrogens with zero attached hydrogens (tertiary/aromatic N) is 9. The fourth-order valence-electron chi connectivity index (χ4n) is 19.9. The van der Waals surface area contributed by atoms with Crippen LogP contribution in [-0.4, -0.2) is 115 Å². The molecule has 0 amide bonds. The van der Waals surface area contributed by atoms with Crippen LogP contribution in [0.15, 0.2) is 200 Å². The second-order valence-corrected chi connectivity index (χ2v) is 40.2. The van der Waals surface area contributed by atoms with Crippen molar-refractivity contribution >= 4 is 75.4 Å². The number of phenols is 6. The van der Waals surface area contributed by atoms with E-state index in [1.54, 1.807) is 0 Å². The summed E-state index contributed by atoms with van der Waals surface area (Å²) in [5.74, 6) is 3.41. The van der Waals surface area contributed by atoms with Crippen LogP contribution in [0, 0.1) is 23.7 Å². The molecule has 0 saturated heterocycles. The molecule has 3 heterocycles. The molecule has 21 heteroatoms. The average molecular weight is 2000 g/mol. The number of aromatic nitrogens is 9. The normalized spacial score (nSPS) is 12.4. The predicted molar refractivity (Wildman–Crippen MR) is 606 cm³/mol. The monoisotopic (exact) mass is 2000 g/mol. The number of phenolic OH excluding ortho intramolecular Hbond substituents is 6. The molecule has 13 aromatic carbocycles. The molecule has 0 aliphatic rings. The van der Waals surface area contributed by atoms with E-state index in [2.05, 4.69) is 199 Å². The summed E-state index contributed by atoms with van der Waals surface area (Å²) in [7, 11) is 0. The minimum Gasteiger partial charge on any atom is -0.507 e. The SMILES string of the molecule is CCCCC(CC)COc1cc(O)c(-c2nc(OCC(CC)CCCC)nc(-c3ccc4cc5ccccc5cc4c3)n2)c(O)c1.CCCCCCCCCCCCOc1cc(O)c(-c2nc(OCC(CC)CCCC)nc(-c3cc4ccccc4c4ccccc34)n2)c(O)c1.CCCCCCCCCCCCOc1cc(O)c(-c2nc(OCC(CC)CCCC)nc(-c3ccc4ccc5cccc6ccc3c4c56)n2)c(O)c1. The molecule has 16 rings (SSSR count). The van der Waals surface area contributed by atoms with Crippen molar-refractivity contribution in [1.29, 1.82) is 0 Å². The first-order valence-corrected chi connectivity index (χ1v) is 55.7. The van der Waals surface area contributed by atoms with Crippen molar-refractivity contribution < 1.29 is 59.1 Å². The molecular weight excluding hydrogens is 1840 g/mol. The molecule has 0 spiro atoms. The Morgan fingerprint density at radius 2 is 0.534 bits per heavy atom. The summed E-state index contributed by atoms with van der Waals surface area (Å²) in [6, 6.07) is 66.0. The van der Waals surface area contributed by atoms with Gasteiger partial charge < -0.3 is 59.1 Å². The topological polar surface area (TPSA) is 293 Å². The maximum absolute atomic E-state index is 11.3. The van der Waals surface area contributed by atoms with E-state index >= 15 is 0 Å². The maximum atomic E-state index is 11.3. The Morgan fingerprint density at radius 1 is 0.216 bits per heavy atom. The Labute approximate surface area is 876 Å². The Morgan fingerprint density at radius 3 is 0.966 bits per heavy atom. The van der Waals surface area contributed by atoms with E-state index in [0.717, 1.165) is 199 Å². The summed E-state index contributed by atoms with van der Waals surface area (Å²) in [5, 5.41) is 83.0. The molecule has 0 radical (unpaired) electrons. The van der Waals surface area contributed by atoms with Gasteiger partial charge in [0.05, 0.1) is 39.6 Å². The van der Waals surface area contributed by atoms with Gasteiger partial charge in [-0.15, -0.1) is 0 Å². The number of hydrogen-bond donors (Lipinski definition) is 6. The molecule has 4 unspecified atom stereocenters. The van der Waals surface area contributed by atoms with Gasteiger partial charge in [-0.1, -0.05) is 395 Å². The summed E-state index contributed by atoms with van der Waals surface area (Å²) in [4.78, 5) is 42.7. The zero-order valence-corrected chi connectivity index (χ0v) is 89.2. The number of rotatable bonds is 58. The Bertz CT molecular complexity index is 6810. The first-order chi connectivity index (χ1) is 72.4. The van der Waals surface area contributed by atoms with Crippen molar-refractivity contribution in [3.63, 3.8) is 0 Å². The minimum absolute atomic E-state index is 0.115. The van der Waals surface area contributed by atoms with Crippen LogP contribution < -0.4 is 28.4 Å². The number of hydrogen-bond acceptors (Lipinski definition) is 21. The largest absolute Gasteiger partial charge is 0.507 e. The van der Waals surface area contributed by atoms with Gasteiger partial charge in [-0.2, -0.15) is 29.9 Å². The molecule has 4 atom stereocenters. The van der Waals surface area contributed by atoms with Crippen molar-refractivity contribution in [3.8, 4) is 138 Å². The third kappa shape index (κ3) is 30.2. The summed E-state index contributed by atoms with van der Waals surface area (Å²) in [6.07, 6.45) is 42.2. The van der Waals surface area contributed by atoms with Crippen LogP contribution in [0.1, 0.15) is 300 Å². The van der Waals surface area contributed by atoms with Crippen LogP contribution >= 0.6 is 0 Å². The highest BCUT2D eigenvalue weighted by atomic mass is 16.5. The lowest BCUT2D eigenvalue weighted by Gasteiger charge is -2.17. The van der Waals surface area contributed by atoms with Gasteiger partial charge >= 0.3 is 18.0 Å². The number of unbranched alkanes of at least 4 members (excludes halogenated alkanes) is 22. The van der Waals surface area contributed by atoms with Gasteiger partial charge in [-0.25, -0.2) is 15.0 Å². The third-order valence-electron chi connectivity index (χ3n) is 29.0. The molecular formula is C127H157N9O12. The van der Waals surface area contributed by atoms with Crippen molar-refractivity contribution in [2.24, 2.45) is 23.7 Å². The molecule has 0 bridgehead atoms. The van der Waals surface area contributed by atoms with Gasteiger partial charge in [0.15, 0.2) is 34.9 Å². The molecule has 0 aliphatic heterocycles. The van der Waals surface area contributed by atoms with E-state index in [1.807, 2.05) is 48.5 Å². The lowest BCUT2D eigenvalue weighted by atomic mass is 9.92. The Balaban J connectivity index is 0.000000175. The van der Waals surface area contributed by atoms with Crippen LogP contribution in [0.5, 0.6) is 69.8 Å². The average Bonchev–Trinajstić information content (AvgIpc) is 0.733. The van der Waals surface area contributed by atoms with E-state index in [9.17, 15) is 30.6 Å². The van der Waals surface area contributed by atoms with Crippen LogP contribution in [-0.2, 0) is 0 Å². The van der Waals surface area contributed by atoms with Crippen molar-refractivity contribution in [1.82, 2.24) is 44.9 Å². The summed E-state index contributed by atoms with van der Waals surface area (Å²) in [5.41, 5.74) is 2.78. The fourth-order valence-corrected chi connectivity index (χ4v) is 19.9. The van der Waals surface area contributed by atoms with Gasteiger partial charge in [0, 0.05) is 53.1 Å². The lowest BCUT2D eigenvalue weighted by Crippen LogP contribution is -2.13. The number of benzene rings is 13. The van der Waals surface area contributed by atoms with Gasteiger partial charge in [0.1, 0.15) is 68.4 Å². The van der Waals surface area contributed by atoms with Crippen molar-refractivity contribution in [3.05, 3.63) is 200 Å². The maximum Gasteiger partial charge on any atom is 0.320 e. The molecule has 21 nitrogen and oxygen atoms in total. The van der Waals surface area contributed by atoms with Crippen LogP contribution in [0.4, 0.5) is 0 Å². The molecule has 3 aromatic heterocycles. The van der Waals surface area contributed by atoms with Gasteiger partial charge in [0.25, 0.3) is 0 Å². The molecule has 148 heavy (non-hydrogen) atoms. The first kappa shape index (κ1) is 110.